The second kappa shape index (κ2) is 3.99. The summed E-state index contributed by atoms with van der Waals surface area (Å²) in [5.41, 5.74) is 0.815. The van der Waals surface area contributed by atoms with Gasteiger partial charge < -0.3 is 0 Å². The number of hydrogen-bond donors (Lipinski definition) is 0. The zero-order valence-corrected chi connectivity index (χ0v) is 6.97. The van der Waals surface area contributed by atoms with Gasteiger partial charge >= 0.3 is 0 Å². The highest BCUT2D eigenvalue weighted by Gasteiger charge is 1.91. The van der Waals surface area contributed by atoms with E-state index < -0.39 is 0 Å². The van der Waals surface area contributed by atoms with E-state index in [4.69, 9.17) is 11.6 Å². The third-order valence-corrected chi connectivity index (χ3v) is 1.34. The molecule has 11 heavy (non-hydrogen) atoms. The van der Waals surface area contributed by atoms with E-state index in [2.05, 4.69) is 22.2 Å². The van der Waals surface area contributed by atoms with E-state index in [1.54, 1.807) is 17.9 Å². The van der Waals surface area contributed by atoms with Crippen LogP contribution in [0.5, 0.6) is 0 Å². The highest BCUT2D eigenvalue weighted by Crippen LogP contribution is 1.89. The maximum Gasteiger partial charge on any atom is 0.131 e. The summed E-state index contributed by atoms with van der Waals surface area (Å²) in [4.78, 5) is 0. The topological polar surface area (TPSA) is 30.7 Å². The van der Waals surface area contributed by atoms with Crippen LogP contribution in [0.1, 0.15) is 12.1 Å². The predicted octanol–water partition coefficient (Wildman–Crippen LogP) is 0.795. The van der Waals surface area contributed by atoms with Crippen LogP contribution in [0.4, 0.5) is 0 Å². The molecule has 0 atom stereocenters. The number of nitrogens with zero attached hydrogens (tertiary/aromatic N) is 3. The lowest BCUT2D eigenvalue weighted by atomic mass is 10.4. The first kappa shape index (κ1) is 8.09. The van der Waals surface area contributed by atoms with Crippen molar-refractivity contribution >= 4 is 11.6 Å². The van der Waals surface area contributed by atoms with Crippen molar-refractivity contribution in [3.8, 4) is 11.8 Å². The number of alkyl halides is 1. The van der Waals surface area contributed by atoms with Crippen molar-refractivity contribution < 1.29 is 0 Å². The molecule has 0 radical (unpaired) electrons. The number of halogens is 1. The lowest BCUT2D eigenvalue weighted by Gasteiger charge is -1.86. The molecule has 0 saturated heterocycles. The molecule has 0 spiro atoms. The molecule has 0 amide bonds. The normalized spacial score (nSPS) is 8.91. The quantitative estimate of drug-likeness (QED) is 0.460. The van der Waals surface area contributed by atoms with Crippen LogP contribution in [-0.2, 0) is 7.05 Å². The summed E-state index contributed by atoms with van der Waals surface area (Å²) < 4.78 is 1.63. The van der Waals surface area contributed by atoms with Gasteiger partial charge in [-0.15, -0.1) is 16.7 Å². The fraction of sp³-hybridized carbons (Fsp3) is 0.429. The highest BCUT2D eigenvalue weighted by atomic mass is 35.5. The summed E-state index contributed by atoms with van der Waals surface area (Å²) in [5, 5.41) is 7.40. The number of rotatable bonds is 1. The van der Waals surface area contributed by atoms with Gasteiger partial charge in [0.05, 0.1) is 6.20 Å². The molecular weight excluding hydrogens is 162 g/mol. The highest BCUT2D eigenvalue weighted by molar-refractivity contribution is 6.18. The Hall–Kier alpha value is -1.01. The Morgan fingerprint density at radius 1 is 1.73 bits per heavy atom. The van der Waals surface area contributed by atoms with Crippen LogP contribution in [0.25, 0.3) is 0 Å². The largest absolute Gasteiger partial charge is 0.240 e. The molecule has 0 bridgehead atoms. The van der Waals surface area contributed by atoms with Gasteiger partial charge in [0.15, 0.2) is 0 Å². The van der Waals surface area contributed by atoms with Gasteiger partial charge in [-0.1, -0.05) is 11.1 Å². The fourth-order valence-corrected chi connectivity index (χ4v) is 0.698. The monoisotopic (exact) mass is 169 g/mol. The lowest BCUT2D eigenvalue weighted by Crippen LogP contribution is -1.93. The van der Waals surface area contributed by atoms with Gasteiger partial charge in [-0.05, 0) is 5.92 Å². The second-order valence-corrected chi connectivity index (χ2v) is 2.36. The van der Waals surface area contributed by atoms with Crippen molar-refractivity contribution in [3.05, 3.63) is 11.9 Å². The van der Waals surface area contributed by atoms with Gasteiger partial charge in [0.2, 0.25) is 0 Å². The van der Waals surface area contributed by atoms with Crippen LogP contribution >= 0.6 is 11.6 Å². The smallest absolute Gasteiger partial charge is 0.131 e. The minimum absolute atomic E-state index is 0.568. The molecule has 0 saturated carbocycles. The zero-order chi connectivity index (χ0) is 8.10. The lowest BCUT2D eigenvalue weighted by molar-refractivity contribution is 0.708. The summed E-state index contributed by atoms with van der Waals surface area (Å²) >= 11 is 5.44. The minimum Gasteiger partial charge on any atom is -0.240 e. The molecule has 0 N–H and O–H groups in total. The van der Waals surface area contributed by atoms with Gasteiger partial charge in [-0.25, -0.2) is 4.68 Å². The molecule has 58 valence electrons. The van der Waals surface area contributed by atoms with E-state index in [-0.39, 0.29) is 0 Å². The summed E-state index contributed by atoms with van der Waals surface area (Å²) in [6.45, 7) is 0. The van der Waals surface area contributed by atoms with Crippen LogP contribution in [0.3, 0.4) is 0 Å². The van der Waals surface area contributed by atoms with E-state index in [1.165, 1.54) is 0 Å². The molecule has 1 aromatic rings. The molecule has 0 aliphatic carbocycles. The number of hydrogen-bond acceptors (Lipinski definition) is 2. The van der Waals surface area contributed by atoms with Crippen LogP contribution in [0.2, 0.25) is 0 Å². The van der Waals surface area contributed by atoms with Gasteiger partial charge in [-0.3, -0.25) is 0 Å². The first-order valence-electron chi connectivity index (χ1n) is 3.24. The van der Waals surface area contributed by atoms with Gasteiger partial charge in [-0.2, -0.15) is 0 Å². The van der Waals surface area contributed by atoms with E-state index in [0.29, 0.717) is 12.3 Å². The third kappa shape index (κ3) is 2.24. The summed E-state index contributed by atoms with van der Waals surface area (Å²) in [7, 11) is 1.80. The van der Waals surface area contributed by atoms with Crippen molar-refractivity contribution in [1.82, 2.24) is 15.0 Å². The third-order valence-electron chi connectivity index (χ3n) is 1.15. The Morgan fingerprint density at radius 2 is 2.55 bits per heavy atom. The van der Waals surface area contributed by atoms with E-state index >= 15 is 0 Å². The van der Waals surface area contributed by atoms with Crippen molar-refractivity contribution in [3.63, 3.8) is 0 Å². The Balaban J connectivity index is 2.65. The van der Waals surface area contributed by atoms with Crippen molar-refractivity contribution in [2.75, 3.05) is 5.88 Å². The molecule has 1 rings (SSSR count). The molecule has 4 heteroatoms. The molecular formula is C7H8ClN3. The maximum absolute atomic E-state index is 5.44. The summed E-state index contributed by atoms with van der Waals surface area (Å²) in [6.07, 6.45) is 2.33. The second-order valence-electron chi connectivity index (χ2n) is 1.98. The van der Waals surface area contributed by atoms with Crippen LogP contribution in [-0.4, -0.2) is 20.9 Å². The molecule has 1 aromatic heterocycles. The van der Waals surface area contributed by atoms with Crippen LogP contribution < -0.4 is 0 Å². The molecule has 0 aromatic carbocycles. The molecule has 1 heterocycles. The fourth-order valence-electron chi connectivity index (χ4n) is 0.603. The molecule has 0 aliphatic rings. The molecule has 0 aliphatic heterocycles. The molecule has 0 unspecified atom stereocenters. The van der Waals surface area contributed by atoms with Gasteiger partial charge in [0.1, 0.15) is 5.69 Å². The van der Waals surface area contributed by atoms with Gasteiger partial charge in [0.25, 0.3) is 0 Å². The van der Waals surface area contributed by atoms with Crippen molar-refractivity contribution in [2.24, 2.45) is 7.05 Å². The molecule has 3 nitrogen and oxygen atoms in total. The average Bonchev–Trinajstić information content (AvgIpc) is 2.37. The standard InChI is InChI=1S/C7H8ClN3/c1-11-7(6-9-10-11)4-2-3-5-8/h6H,3,5H2,1H3. The first-order valence-corrected chi connectivity index (χ1v) is 3.77. The van der Waals surface area contributed by atoms with Gasteiger partial charge in [0, 0.05) is 19.3 Å². The SMILES string of the molecule is Cn1nncc1C#CCCCl. The predicted molar refractivity (Wildman–Crippen MR) is 43.2 cm³/mol. The van der Waals surface area contributed by atoms with Crippen LogP contribution in [0, 0.1) is 11.8 Å². The van der Waals surface area contributed by atoms with Crippen molar-refractivity contribution in [1.29, 1.82) is 0 Å². The maximum atomic E-state index is 5.44. The Morgan fingerprint density at radius 3 is 3.09 bits per heavy atom. The van der Waals surface area contributed by atoms with E-state index in [0.717, 1.165) is 5.69 Å². The van der Waals surface area contributed by atoms with E-state index in [1.807, 2.05) is 0 Å². The van der Waals surface area contributed by atoms with E-state index in [9.17, 15) is 0 Å². The Bertz CT molecular complexity index is 281. The summed E-state index contributed by atoms with van der Waals surface area (Å²) in [5.74, 6) is 6.36. The van der Waals surface area contributed by atoms with Crippen LogP contribution in [0.15, 0.2) is 6.20 Å². The number of aryl methyl sites for hydroxylation is 1. The Labute approximate surface area is 70.4 Å². The van der Waals surface area contributed by atoms with Crippen molar-refractivity contribution in [2.45, 2.75) is 6.42 Å². The molecule has 0 fully saturated rings. The summed E-state index contributed by atoms with van der Waals surface area (Å²) in [6, 6.07) is 0. The number of aromatic nitrogens is 3. The average molecular weight is 170 g/mol. The zero-order valence-electron chi connectivity index (χ0n) is 6.21. The minimum atomic E-state index is 0.568. The first-order chi connectivity index (χ1) is 5.34. The Kier molecular flexibility index (Phi) is 2.94.